The zero-order chi connectivity index (χ0) is 13.4. The number of amides is 1. The zero-order valence-electron chi connectivity index (χ0n) is 10.8. The fourth-order valence-corrected chi connectivity index (χ4v) is 1.24. The standard InChI is InChI=1S/C13H20N2O3/c1-10(2)9-18-13(16)15-11-4-3-5-12(8-11)17-7-6-14/h3-5,8,10H,6-7,9,14H2,1-2H3,(H,15,16). The first-order valence-electron chi connectivity index (χ1n) is 5.98. The van der Waals surface area contributed by atoms with E-state index in [1.807, 2.05) is 13.8 Å². The van der Waals surface area contributed by atoms with Crippen molar-refractivity contribution in [1.29, 1.82) is 0 Å². The summed E-state index contributed by atoms with van der Waals surface area (Å²) in [6.07, 6.45) is -0.459. The van der Waals surface area contributed by atoms with Gasteiger partial charge in [0.2, 0.25) is 0 Å². The van der Waals surface area contributed by atoms with Crippen molar-refractivity contribution in [2.24, 2.45) is 11.7 Å². The Morgan fingerprint density at radius 1 is 1.44 bits per heavy atom. The van der Waals surface area contributed by atoms with Crippen molar-refractivity contribution in [2.45, 2.75) is 13.8 Å². The molecule has 0 atom stereocenters. The van der Waals surface area contributed by atoms with E-state index in [-0.39, 0.29) is 0 Å². The van der Waals surface area contributed by atoms with Gasteiger partial charge >= 0.3 is 6.09 Å². The summed E-state index contributed by atoms with van der Waals surface area (Å²) in [4.78, 5) is 11.4. The average Bonchev–Trinajstić information content (AvgIpc) is 2.34. The smallest absolute Gasteiger partial charge is 0.411 e. The van der Waals surface area contributed by atoms with Gasteiger partial charge in [-0.3, -0.25) is 5.32 Å². The van der Waals surface area contributed by atoms with Crippen molar-refractivity contribution >= 4 is 11.8 Å². The molecule has 0 aromatic heterocycles. The highest BCUT2D eigenvalue weighted by Gasteiger charge is 2.05. The maximum atomic E-state index is 11.4. The highest BCUT2D eigenvalue weighted by Crippen LogP contribution is 2.17. The second kappa shape index (κ2) is 7.55. The van der Waals surface area contributed by atoms with Crippen LogP contribution in [0.2, 0.25) is 0 Å². The summed E-state index contributed by atoms with van der Waals surface area (Å²) in [5.74, 6) is 0.983. The van der Waals surface area contributed by atoms with Gasteiger partial charge in [-0.2, -0.15) is 0 Å². The van der Waals surface area contributed by atoms with Crippen molar-refractivity contribution in [1.82, 2.24) is 0 Å². The topological polar surface area (TPSA) is 73.6 Å². The molecule has 1 amide bonds. The van der Waals surface area contributed by atoms with Crippen LogP contribution in [-0.2, 0) is 4.74 Å². The second-order valence-electron chi connectivity index (χ2n) is 4.28. The van der Waals surface area contributed by atoms with Crippen molar-refractivity contribution in [3.63, 3.8) is 0 Å². The van der Waals surface area contributed by atoms with Gasteiger partial charge in [0.1, 0.15) is 12.4 Å². The normalized spacial score (nSPS) is 10.2. The van der Waals surface area contributed by atoms with Crippen molar-refractivity contribution < 1.29 is 14.3 Å². The van der Waals surface area contributed by atoms with Gasteiger partial charge in [0.05, 0.1) is 6.61 Å². The number of nitrogens with two attached hydrogens (primary N) is 1. The fraction of sp³-hybridized carbons (Fsp3) is 0.462. The fourth-order valence-electron chi connectivity index (χ4n) is 1.24. The van der Waals surface area contributed by atoms with Gasteiger partial charge in [-0.05, 0) is 18.1 Å². The van der Waals surface area contributed by atoms with E-state index < -0.39 is 6.09 Å². The van der Waals surface area contributed by atoms with Crippen LogP contribution in [0.25, 0.3) is 0 Å². The quantitative estimate of drug-likeness (QED) is 0.814. The third kappa shape index (κ3) is 5.54. The molecule has 100 valence electrons. The highest BCUT2D eigenvalue weighted by atomic mass is 16.5. The molecule has 18 heavy (non-hydrogen) atoms. The minimum atomic E-state index is -0.459. The lowest BCUT2D eigenvalue weighted by Crippen LogP contribution is -2.16. The van der Waals surface area contributed by atoms with E-state index in [9.17, 15) is 4.79 Å². The molecule has 0 aliphatic carbocycles. The van der Waals surface area contributed by atoms with Gasteiger partial charge in [0.15, 0.2) is 0 Å². The lowest BCUT2D eigenvalue weighted by molar-refractivity contribution is 0.147. The summed E-state index contributed by atoms with van der Waals surface area (Å²) in [6, 6.07) is 7.10. The molecule has 0 heterocycles. The summed E-state index contributed by atoms with van der Waals surface area (Å²) >= 11 is 0. The van der Waals surface area contributed by atoms with E-state index in [4.69, 9.17) is 15.2 Å². The number of hydrogen-bond acceptors (Lipinski definition) is 4. The van der Waals surface area contributed by atoms with Crippen molar-refractivity contribution in [2.75, 3.05) is 25.1 Å². The number of hydrogen-bond donors (Lipinski definition) is 2. The van der Waals surface area contributed by atoms with Gasteiger partial charge in [-0.1, -0.05) is 19.9 Å². The summed E-state index contributed by atoms with van der Waals surface area (Å²) in [6.45, 7) is 5.26. The van der Waals surface area contributed by atoms with E-state index in [0.29, 0.717) is 37.1 Å². The minimum Gasteiger partial charge on any atom is -0.492 e. The SMILES string of the molecule is CC(C)COC(=O)Nc1cccc(OCCN)c1. The minimum absolute atomic E-state index is 0.315. The first-order chi connectivity index (χ1) is 8.61. The first-order valence-corrected chi connectivity index (χ1v) is 5.98. The Labute approximate surface area is 107 Å². The molecule has 0 radical (unpaired) electrons. The second-order valence-corrected chi connectivity index (χ2v) is 4.28. The Kier molecular flexibility index (Phi) is 6.00. The van der Waals surface area contributed by atoms with Crippen LogP contribution in [0.3, 0.4) is 0 Å². The van der Waals surface area contributed by atoms with Crippen LogP contribution >= 0.6 is 0 Å². The third-order valence-corrected chi connectivity index (χ3v) is 2.01. The first kappa shape index (κ1) is 14.3. The Morgan fingerprint density at radius 3 is 2.89 bits per heavy atom. The number of ether oxygens (including phenoxy) is 2. The van der Waals surface area contributed by atoms with Crippen LogP contribution in [0.4, 0.5) is 10.5 Å². The molecule has 0 unspecified atom stereocenters. The molecule has 3 N–H and O–H groups in total. The Balaban J connectivity index is 2.48. The van der Waals surface area contributed by atoms with Gasteiger partial charge in [0, 0.05) is 18.3 Å². The maximum Gasteiger partial charge on any atom is 0.411 e. The number of rotatable bonds is 6. The van der Waals surface area contributed by atoms with Gasteiger partial charge in [-0.15, -0.1) is 0 Å². The van der Waals surface area contributed by atoms with E-state index >= 15 is 0 Å². The van der Waals surface area contributed by atoms with Crippen LogP contribution in [0.15, 0.2) is 24.3 Å². The molecule has 0 bridgehead atoms. The summed E-state index contributed by atoms with van der Waals surface area (Å²) in [5.41, 5.74) is 5.99. The monoisotopic (exact) mass is 252 g/mol. The van der Waals surface area contributed by atoms with Crippen LogP contribution in [0.1, 0.15) is 13.8 Å². The number of benzene rings is 1. The Morgan fingerprint density at radius 2 is 2.22 bits per heavy atom. The van der Waals surface area contributed by atoms with Crippen LogP contribution < -0.4 is 15.8 Å². The van der Waals surface area contributed by atoms with Gasteiger partial charge in [-0.25, -0.2) is 4.79 Å². The van der Waals surface area contributed by atoms with Crippen LogP contribution in [0.5, 0.6) is 5.75 Å². The molecule has 0 aliphatic heterocycles. The molecule has 0 saturated heterocycles. The van der Waals surface area contributed by atoms with Gasteiger partial charge < -0.3 is 15.2 Å². The lowest BCUT2D eigenvalue weighted by Gasteiger charge is -2.10. The van der Waals surface area contributed by atoms with Crippen molar-refractivity contribution in [3.8, 4) is 5.75 Å². The summed E-state index contributed by atoms with van der Waals surface area (Å²) in [5, 5.41) is 2.64. The van der Waals surface area contributed by atoms with E-state index in [0.717, 1.165) is 0 Å². The van der Waals surface area contributed by atoms with E-state index in [1.54, 1.807) is 24.3 Å². The van der Waals surface area contributed by atoms with Crippen LogP contribution in [-0.4, -0.2) is 25.9 Å². The van der Waals surface area contributed by atoms with E-state index in [2.05, 4.69) is 5.32 Å². The molecule has 5 heteroatoms. The largest absolute Gasteiger partial charge is 0.492 e. The van der Waals surface area contributed by atoms with Gasteiger partial charge in [0.25, 0.3) is 0 Å². The molecular formula is C13H20N2O3. The van der Waals surface area contributed by atoms with Crippen LogP contribution in [0, 0.1) is 5.92 Å². The Hall–Kier alpha value is -1.75. The predicted octanol–water partition coefficient (Wildman–Crippen LogP) is 2.23. The number of nitrogens with one attached hydrogen (secondary N) is 1. The molecule has 0 aliphatic rings. The molecule has 0 spiro atoms. The van der Waals surface area contributed by atoms with E-state index in [1.165, 1.54) is 0 Å². The highest BCUT2D eigenvalue weighted by molar-refractivity contribution is 5.84. The Bertz CT molecular complexity index is 380. The van der Waals surface area contributed by atoms with Crippen molar-refractivity contribution in [3.05, 3.63) is 24.3 Å². The summed E-state index contributed by atoms with van der Waals surface area (Å²) in [7, 11) is 0. The zero-order valence-corrected chi connectivity index (χ0v) is 10.8. The average molecular weight is 252 g/mol. The number of carbonyl (C=O) groups excluding carboxylic acids is 1. The predicted molar refractivity (Wildman–Crippen MR) is 70.8 cm³/mol. The molecule has 0 saturated carbocycles. The lowest BCUT2D eigenvalue weighted by atomic mass is 10.2. The number of carbonyl (C=O) groups is 1. The maximum absolute atomic E-state index is 11.4. The molecule has 1 rings (SSSR count). The molecule has 1 aromatic carbocycles. The third-order valence-electron chi connectivity index (χ3n) is 2.01. The molecule has 0 fully saturated rings. The summed E-state index contributed by atoms with van der Waals surface area (Å²) < 4.78 is 10.4. The number of anilines is 1. The molecule has 5 nitrogen and oxygen atoms in total. The molecule has 1 aromatic rings. The molecular weight excluding hydrogens is 232 g/mol.